The fraction of sp³-hybridized carbons (Fsp3) is 0.652. The van der Waals surface area contributed by atoms with E-state index in [0.717, 1.165) is 8.95 Å². The quantitative estimate of drug-likeness (QED) is 0.0120. The molecule has 79 heavy (non-hydrogen) atoms. The van der Waals surface area contributed by atoms with Gasteiger partial charge in [-0.2, -0.15) is 0 Å². The standard InChI is InChI=1S/C42H64Br2S2.C18H31S.C6H2Br2I2.3CH3.Sn/c1-3-5-7-9-11-13-15-17-19-21-23-25-27-35-29-33-39(45-35)37-31-32-38(42(44)41(37)43)40-34-30-36(46-40)28-26-24-22-20-18-16-14-12-10-8-6-4-2;1-2-3-4-5-6-7-8-9-10-11-12-13-15-18-16-14-17-19-18;7-5-3(9)1-2-4(10)6(5)8;;;;/h29-34H,3-28H2,1-2H3;14,16H,2-13,15H2,1H3;1-2H;3*1H3;. The normalized spacial score (nSPS) is 11.5. The second kappa shape index (κ2) is 47.7. The van der Waals surface area contributed by atoms with Crippen LogP contribution < -0.4 is 2.89 Å². The number of rotatable bonds is 42. The van der Waals surface area contributed by atoms with Crippen LogP contribution in [0.4, 0.5) is 0 Å². The van der Waals surface area contributed by atoms with Crippen molar-refractivity contribution in [2.75, 3.05) is 0 Å². The minimum atomic E-state index is -1.79. The summed E-state index contributed by atoms with van der Waals surface area (Å²) in [5.41, 5.74) is 2.60. The van der Waals surface area contributed by atoms with Crippen LogP contribution in [-0.4, -0.2) is 18.4 Å². The Morgan fingerprint density at radius 3 is 0.823 bits per heavy atom. The van der Waals surface area contributed by atoms with E-state index < -0.39 is 18.4 Å². The number of hydrogen-bond donors (Lipinski definition) is 0. The van der Waals surface area contributed by atoms with Crippen LogP contribution in [0.5, 0.6) is 0 Å². The minimum absolute atomic E-state index is 1.14. The third-order valence-electron chi connectivity index (χ3n) is 15.2. The van der Waals surface area contributed by atoms with Gasteiger partial charge < -0.3 is 0 Å². The Hall–Kier alpha value is 1.72. The second-order valence-corrected chi connectivity index (χ2v) is 47.8. The molecule has 5 rings (SSSR count). The predicted octanol–water partition coefficient (Wildman–Crippen LogP) is 29.1. The van der Waals surface area contributed by atoms with E-state index >= 15 is 0 Å². The van der Waals surface area contributed by atoms with Gasteiger partial charge in [-0.05, 0) is 171 Å². The Labute approximate surface area is 564 Å². The van der Waals surface area contributed by atoms with Gasteiger partial charge in [-0.15, -0.1) is 22.7 Å². The van der Waals surface area contributed by atoms with Crippen LogP contribution in [0, 0.1) is 7.14 Å². The van der Waals surface area contributed by atoms with Crippen molar-refractivity contribution in [2.45, 2.75) is 286 Å². The summed E-state index contributed by atoms with van der Waals surface area (Å²) in [4.78, 5) is 15.0. The average molecular weight is 1720 g/mol. The average Bonchev–Trinajstić information content (AvgIpc) is 4.28. The van der Waals surface area contributed by atoms with Crippen molar-refractivity contribution in [2.24, 2.45) is 0 Å². The zero-order valence-electron chi connectivity index (χ0n) is 50.3. The molecular formula is C69H106Br4I2S3Sn. The van der Waals surface area contributed by atoms with Gasteiger partial charge in [0.2, 0.25) is 0 Å². The van der Waals surface area contributed by atoms with Gasteiger partial charge in [-0.3, -0.25) is 0 Å². The van der Waals surface area contributed by atoms with Gasteiger partial charge in [0.25, 0.3) is 0 Å². The number of benzene rings is 2. The number of halogens is 6. The first kappa shape index (κ1) is 75.0. The van der Waals surface area contributed by atoms with Crippen LogP contribution in [0.3, 0.4) is 0 Å². The molecule has 0 nitrogen and oxygen atoms in total. The molecule has 0 amide bonds. The first-order valence-corrected chi connectivity index (χ1v) is 49.6. The number of thiophene rings is 3. The predicted molar refractivity (Wildman–Crippen MR) is 397 cm³/mol. The molecule has 0 aliphatic heterocycles. The molecule has 3 aromatic heterocycles. The third kappa shape index (κ3) is 34.2. The maximum absolute atomic E-state index is 3.96. The zero-order chi connectivity index (χ0) is 57.4. The molecule has 0 atom stereocenters. The van der Waals surface area contributed by atoms with Crippen LogP contribution in [0.15, 0.2) is 78.6 Å². The molecule has 10 heteroatoms. The van der Waals surface area contributed by atoms with Gasteiger partial charge in [0.15, 0.2) is 0 Å². The zero-order valence-corrected chi connectivity index (χ0v) is 66.3. The van der Waals surface area contributed by atoms with E-state index in [1.807, 2.05) is 22.7 Å². The third-order valence-corrected chi connectivity index (χ3v) is 35.8. The molecule has 3 heterocycles. The molecule has 0 fully saturated rings. The van der Waals surface area contributed by atoms with Crippen LogP contribution in [0.25, 0.3) is 20.9 Å². The Balaban J connectivity index is 0.000000407. The summed E-state index contributed by atoms with van der Waals surface area (Å²) in [6.07, 6.45) is 55.0. The molecule has 0 aliphatic rings. The monoisotopic (exact) mass is 1720 g/mol. The second-order valence-electron chi connectivity index (χ2n) is 23.4. The van der Waals surface area contributed by atoms with Gasteiger partial charge in [-0.1, -0.05) is 200 Å². The van der Waals surface area contributed by atoms with Gasteiger partial charge in [0.05, 0.1) is 0 Å². The molecule has 0 unspecified atom stereocenters. The summed E-state index contributed by atoms with van der Waals surface area (Å²) in [5.74, 6) is 0. The molecule has 0 saturated carbocycles. The number of aryl methyl sites for hydroxylation is 3. The maximum Gasteiger partial charge on any atom is 0.0410 e. The molecule has 0 bridgehead atoms. The van der Waals surface area contributed by atoms with E-state index in [2.05, 4.69) is 216 Å². The number of hydrogen-bond acceptors (Lipinski definition) is 3. The molecule has 0 saturated heterocycles. The summed E-state index contributed by atoms with van der Waals surface area (Å²) in [6.45, 7) is 6.90. The largest absolute Gasteiger partial charge is 0.140 e. The summed E-state index contributed by atoms with van der Waals surface area (Å²) in [6, 6.07) is 23.0. The molecule has 0 N–H and O–H groups in total. The van der Waals surface area contributed by atoms with Crippen molar-refractivity contribution < 1.29 is 0 Å². The first-order valence-electron chi connectivity index (χ1n) is 31.8. The topological polar surface area (TPSA) is 0 Å². The SMILES string of the molecule is Brc1c(I)ccc(I)c1Br.CCCCCCCCCCCCCCc1cc[c]([Sn]([CH3])([CH3])[CH3])s1.CCCCCCCCCCCCCCc1ccc(-c2ccc(-c3ccc(CCCCCCCCCCCCCC)s3)c(Br)c2Br)s1. The summed E-state index contributed by atoms with van der Waals surface area (Å²) >= 11 is 23.7. The Morgan fingerprint density at radius 1 is 0.304 bits per heavy atom. The summed E-state index contributed by atoms with van der Waals surface area (Å²) in [7, 11) is 0. The maximum atomic E-state index is 3.96. The van der Waals surface area contributed by atoms with E-state index in [9.17, 15) is 0 Å². The van der Waals surface area contributed by atoms with Gasteiger partial charge in [0, 0.05) is 55.7 Å². The van der Waals surface area contributed by atoms with Crippen molar-refractivity contribution in [3.05, 3.63) is 100 Å². The van der Waals surface area contributed by atoms with Crippen LogP contribution >= 0.6 is 143 Å². The fourth-order valence-electron chi connectivity index (χ4n) is 10.1. The fourth-order valence-corrected chi connectivity index (χ4v) is 22.5. The van der Waals surface area contributed by atoms with Gasteiger partial charge in [0.1, 0.15) is 0 Å². The summed E-state index contributed by atoms with van der Waals surface area (Å²) < 4.78 is 8.84. The molecular weight excluding hydrogens is 1620 g/mol. The Morgan fingerprint density at radius 2 is 0.557 bits per heavy atom. The Bertz CT molecular complexity index is 2160. The van der Waals surface area contributed by atoms with Crippen molar-refractivity contribution in [3.8, 4) is 20.9 Å². The molecule has 0 aliphatic carbocycles. The van der Waals surface area contributed by atoms with Crippen LogP contribution in [-0.2, 0) is 19.3 Å². The van der Waals surface area contributed by atoms with Crippen molar-refractivity contribution in [1.29, 1.82) is 0 Å². The van der Waals surface area contributed by atoms with E-state index in [0.29, 0.717) is 0 Å². The van der Waals surface area contributed by atoms with Crippen LogP contribution in [0.2, 0.25) is 14.8 Å². The van der Waals surface area contributed by atoms with Crippen molar-refractivity contribution in [1.82, 2.24) is 0 Å². The van der Waals surface area contributed by atoms with Gasteiger partial charge in [-0.25, -0.2) is 0 Å². The van der Waals surface area contributed by atoms with E-state index in [-0.39, 0.29) is 0 Å². The summed E-state index contributed by atoms with van der Waals surface area (Å²) in [5, 5.41) is 0. The molecule has 446 valence electrons. The van der Waals surface area contributed by atoms with E-state index in [1.165, 1.54) is 297 Å². The van der Waals surface area contributed by atoms with Crippen molar-refractivity contribution >= 4 is 164 Å². The Kier molecular flexibility index (Phi) is 45.3. The molecule has 5 aromatic rings. The van der Waals surface area contributed by atoms with Gasteiger partial charge >= 0.3 is 122 Å². The minimum Gasteiger partial charge on any atom is -0.140 e. The van der Waals surface area contributed by atoms with Crippen LogP contribution in [0.1, 0.15) is 267 Å². The molecule has 0 radical (unpaired) electrons. The molecule has 2 aromatic carbocycles. The number of unbranched alkanes of at least 4 members (excludes halogenated alkanes) is 33. The smallest absolute Gasteiger partial charge is 0.0410 e. The van der Waals surface area contributed by atoms with E-state index in [1.54, 1.807) is 7.77 Å². The van der Waals surface area contributed by atoms with Crippen molar-refractivity contribution in [3.63, 3.8) is 0 Å². The van der Waals surface area contributed by atoms with E-state index in [4.69, 9.17) is 0 Å². The first-order chi connectivity index (χ1) is 38.3. The molecule has 0 spiro atoms.